The first kappa shape index (κ1) is 13.7. The minimum Gasteiger partial charge on any atom is -0.457 e. The molecule has 0 radical (unpaired) electrons. The number of hydrogen-bond acceptors (Lipinski definition) is 4. The second-order valence-electron chi connectivity index (χ2n) is 6.28. The molecule has 0 amide bonds. The van der Waals surface area contributed by atoms with Crippen molar-refractivity contribution in [1.82, 2.24) is 10.2 Å². The van der Waals surface area contributed by atoms with E-state index in [1.165, 1.54) is 10.9 Å². The molecule has 2 aromatic carbocycles. The van der Waals surface area contributed by atoms with Gasteiger partial charge < -0.3 is 10.1 Å². The highest BCUT2D eigenvalue weighted by molar-refractivity contribution is 6.08. The van der Waals surface area contributed by atoms with Gasteiger partial charge in [-0.15, -0.1) is 0 Å². The fourth-order valence-electron chi connectivity index (χ4n) is 3.59. The molecule has 22 heavy (non-hydrogen) atoms. The van der Waals surface area contributed by atoms with Crippen molar-refractivity contribution in [2.45, 2.75) is 26.1 Å². The second kappa shape index (κ2) is 5.38. The second-order valence-corrected chi connectivity index (χ2v) is 6.28. The summed E-state index contributed by atoms with van der Waals surface area (Å²) >= 11 is 0. The maximum Gasteiger partial charge on any atom is 0.339 e. The zero-order chi connectivity index (χ0) is 15.1. The highest BCUT2D eigenvalue weighted by Gasteiger charge is 2.22. The molecule has 0 aliphatic carbocycles. The van der Waals surface area contributed by atoms with Crippen LogP contribution in [-0.4, -0.2) is 36.5 Å². The monoisotopic (exact) mass is 296 g/mol. The molecular weight excluding hydrogens is 276 g/mol. The van der Waals surface area contributed by atoms with Gasteiger partial charge in [-0.25, -0.2) is 4.79 Å². The standard InChI is InChI=1S/C18H20N2O2/c1-12-9-20(8-7-19-12)10-13-5-6-14-11-22-18(21)16-4-2-3-15(13)17(14)16/h2-6,12,19H,7-11H2,1H3/t12-/m0/s1. The number of benzene rings is 2. The number of rotatable bonds is 2. The summed E-state index contributed by atoms with van der Waals surface area (Å²) in [7, 11) is 0. The van der Waals surface area contributed by atoms with Gasteiger partial charge >= 0.3 is 5.97 Å². The van der Waals surface area contributed by atoms with Crippen LogP contribution in [0.3, 0.4) is 0 Å². The topological polar surface area (TPSA) is 41.6 Å². The maximum absolute atomic E-state index is 12.0. The summed E-state index contributed by atoms with van der Waals surface area (Å²) in [5.41, 5.74) is 3.11. The summed E-state index contributed by atoms with van der Waals surface area (Å²) in [5, 5.41) is 5.75. The van der Waals surface area contributed by atoms with E-state index in [-0.39, 0.29) is 5.97 Å². The van der Waals surface area contributed by atoms with Crippen molar-refractivity contribution < 1.29 is 9.53 Å². The Balaban J connectivity index is 1.75. The lowest BCUT2D eigenvalue weighted by Crippen LogP contribution is -2.48. The molecule has 114 valence electrons. The summed E-state index contributed by atoms with van der Waals surface area (Å²) < 4.78 is 5.24. The number of nitrogens with one attached hydrogen (secondary N) is 1. The zero-order valence-corrected chi connectivity index (χ0v) is 12.8. The van der Waals surface area contributed by atoms with Gasteiger partial charge in [0.25, 0.3) is 0 Å². The summed E-state index contributed by atoms with van der Waals surface area (Å²) in [5.74, 6) is -0.203. The maximum atomic E-state index is 12.0. The Morgan fingerprint density at radius 1 is 1.32 bits per heavy atom. The largest absolute Gasteiger partial charge is 0.457 e. The number of esters is 1. The molecule has 4 nitrogen and oxygen atoms in total. The number of ether oxygens (including phenoxy) is 1. The van der Waals surface area contributed by atoms with Crippen LogP contribution in [0.15, 0.2) is 30.3 Å². The van der Waals surface area contributed by atoms with E-state index in [0.717, 1.165) is 37.1 Å². The van der Waals surface area contributed by atoms with Crippen molar-refractivity contribution in [3.05, 3.63) is 47.0 Å². The van der Waals surface area contributed by atoms with Crippen molar-refractivity contribution in [2.75, 3.05) is 19.6 Å². The van der Waals surface area contributed by atoms with E-state index in [4.69, 9.17) is 4.74 Å². The normalized spacial score (nSPS) is 21.9. The fraction of sp³-hybridized carbons (Fsp3) is 0.389. The molecule has 1 fully saturated rings. The van der Waals surface area contributed by atoms with E-state index in [2.05, 4.69) is 35.3 Å². The molecule has 2 aliphatic rings. The highest BCUT2D eigenvalue weighted by atomic mass is 16.5. The molecular formula is C18H20N2O2. The number of hydrogen-bond donors (Lipinski definition) is 1. The first-order chi connectivity index (χ1) is 10.7. The summed E-state index contributed by atoms with van der Waals surface area (Å²) in [6, 6.07) is 10.8. The van der Waals surface area contributed by atoms with Gasteiger partial charge in [-0.1, -0.05) is 24.3 Å². The summed E-state index contributed by atoms with van der Waals surface area (Å²) in [6.07, 6.45) is 0. The first-order valence-corrected chi connectivity index (χ1v) is 7.89. The van der Waals surface area contributed by atoms with Crippen LogP contribution in [-0.2, 0) is 17.9 Å². The quantitative estimate of drug-likeness (QED) is 0.864. The Labute approximate surface area is 130 Å². The molecule has 4 heteroatoms. The lowest BCUT2D eigenvalue weighted by Gasteiger charge is -2.32. The number of carbonyl (C=O) groups is 1. The minimum absolute atomic E-state index is 0.203. The van der Waals surface area contributed by atoms with E-state index in [0.29, 0.717) is 18.2 Å². The van der Waals surface area contributed by atoms with Crippen molar-refractivity contribution in [2.24, 2.45) is 0 Å². The Kier molecular flexibility index (Phi) is 3.36. The van der Waals surface area contributed by atoms with E-state index in [9.17, 15) is 4.79 Å². The van der Waals surface area contributed by atoms with Gasteiger partial charge in [0.1, 0.15) is 6.61 Å². The highest BCUT2D eigenvalue weighted by Crippen LogP contribution is 2.31. The molecule has 2 heterocycles. The smallest absolute Gasteiger partial charge is 0.339 e. The van der Waals surface area contributed by atoms with Crippen molar-refractivity contribution in [1.29, 1.82) is 0 Å². The van der Waals surface area contributed by atoms with Crippen LogP contribution in [0.5, 0.6) is 0 Å². The van der Waals surface area contributed by atoms with Crippen LogP contribution in [0.1, 0.15) is 28.4 Å². The van der Waals surface area contributed by atoms with Gasteiger partial charge in [-0.3, -0.25) is 4.90 Å². The molecule has 0 aromatic heterocycles. The van der Waals surface area contributed by atoms with E-state index >= 15 is 0 Å². The number of carbonyl (C=O) groups excluding carboxylic acids is 1. The van der Waals surface area contributed by atoms with Crippen LogP contribution in [0.2, 0.25) is 0 Å². The Hall–Kier alpha value is -1.91. The number of piperazine rings is 1. The average Bonchev–Trinajstić information content (AvgIpc) is 2.53. The van der Waals surface area contributed by atoms with Gasteiger partial charge in [0.2, 0.25) is 0 Å². The molecule has 4 rings (SSSR count). The predicted molar refractivity (Wildman–Crippen MR) is 85.8 cm³/mol. The van der Waals surface area contributed by atoms with Crippen molar-refractivity contribution in [3.8, 4) is 0 Å². The molecule has 0 saturated carbocycles. The number of cyclic esters (lactones) is 1. The Morgan fingerprint density at radius 3 is 3.09 bits per heavy atom. The van der Waals surface area contributed by atoms with Gasteiger partial charge in [0, 0.05) is 37.6 Å². The van der Waals surface area contributed by atoms with E-state index in [1.54, 1.807) is 0 Å². The third-order valence-corrected chi connectivity index (χ3v) is 4.64. The third kappa shape index (κ3) is 2.28. The van der Waals surface area contributed by atoms with Gasteiger partial charge in [0.05, 0.1) is 5.56 Å². The molecule has 1 atom stereocenters. The first-order valence-electron chi connectivity index (χ1n) is 7.89. The van der Waals surface area contributed by atoms with Crippen LogP contribution in [0.25, 0.3) is 10.8 Å². The van der Waals surface area contributed by atoms with Crippen LogP contribution >= 0.6 is 0 Å². The Morgan fingerprint density at radius 2 is 2.23 bits per heavy atom. The van der Waals surface area contributed by atoms with Gasteiger partial charge in [-0.2, -0.15) is 0 Å². The van der Waals surface area contributed by atoms with Crippen LogP contribution in [0.4, 0.5) is 0 Å². The van der Waals surface area contributed by atoms with Crippen LogP contribution in [0, 0.1) is 0 Å². The third-order valence-electron chi connectivity index (χ3n) is 4.64. The predicted octanol–water partition coefficient (Wildman–Crippen LogP) is 2.30. The summed E-state index contributed by atoms with van der Waals surface area (Å²) in [6.45, 7) is 6.70. The van der Waals surface area contributed by atoms with Gasteiger partial charge in [-0.05, 0) is 29.5 Å². The molecule has 0 bridgehead atoms. The van der Waals surface area contributed by atoms with Gasteiger partial charge in [0.15, 0.2) is 0 Å². The Bertz CT molecular complexity index is 741. The summed E-state index contributed by atoms with van der Waals surface area (Å²) in [4.78, 5) is 14.5. The average molecular weight is 296 g/mol. The minimum atomic E-state index is -0.203. The number of nitrogens with zero attached hydrogens (tertiary/aromatic N) is 1. The SMILES string of the molecule is C[C@H]1CN(Cc2ccc3c4c(cccc24)C(=O)OC3)CCN1. The van der Waals surface area contributed by atoms with E-state index < -0.39 is 0 Å². The molecule has 1 N–H and O–H groups in total. The molecule has 2 aliphatic heterocycles. The van der Waals surface area contributed by atoms with Crippen LogP contribution < -0.4 is 5.32 Å². The van der Waals surface area contributed by atoms with Crippen molar-refractivity contribution >= 4 is 16.7 Å². The molecule has 1 saturated heterocycles. The lowest BCUT2D eigenvalue weighted by molar-refractivity contribution is 0.0463. The molecule has 0 unspecified atom stereocenters. The molecule has 0 spiro atoms. The van der Waals surface area contributed by atoms with E-state index in [1.807, 2.05) is 12.1 Å². The molecule has 2 aromatic rings. The zero-order valence-electron chi connectivity index (χ0n) is 12.8. The lowest BCUT2D eigenvalue weighted by atomic mass is 9.94. The van der Waals surface area contributed by atoms with Crippen molar-refractivity contribution in [3.63, 3.8) is 0 Å². The fourth-order valence-corrected chi connectivity index (χ4v) is 3.59.